The number of amides is 2. The van der Waals surface area contributed by atoms with Crippen LogP contribution in [0.2, 0.25) is 0 Å². The van der Waals surface area contributed by atoms with Gasteiger partial charge in [0.2, 0.25) is 0 Å². The number of rotatable bonds is 3. The number of likely N-dealkylation sites (tertiary alicyclic amines) is 1. The Morgan fingerprint density at radius 1 is 1.21 bits per heavy atom. The third kappa shape index (κ3) is 3.08. The first-order chi connectivity index (χ1) is 11.6. The maximum Gasteiger partial charge on any atom is 0.322 e. The van der Waals surface area contributed by atoms with E-state index in [-0.39, 0.29) is 23.4 Å². The minimum absolute atomic E-state index is 0.00830. The van der Waals surface area contributed by atoms with Crippen LogP contribution in [0.3, 0.4) is 0 Å². The van der Waals surface area contributed by atoms with Crippen LogP contribution in [0.25, 0.3) is 0 Å². The van der Waals surface area contributed by atoms with Gasteiger partial charge in [0.1, 0.15) is 5.69 Å². The number of hydrogen-bond donors (Lipinski definition) is 1. The first-order valence-electron chi connectivity index (χ1n) is 7.94. The molecule has 0 aromatic heterocycles. The minimum atomic E-state index is -0.488. The van der Waals surface area contributed by atoms with Crippen LogP contribution in [0.15, 0.2) is 48.5 Å². The Kier molecular flexibility index (Phi) is 4.46. The van der Waals surface area contributed by atoms with Gasteiger partial charge < -0.3 is 10.2 Å². The topological polar surface area (TPSA) is 75.5 Å². The molecule has 24 heavy (non-hydrogen) atoms. The monoisotopic (exact) mass is 325 g/mol. The zero-order chi connectivity index (χ0) is 17.1. The molecule has 2 aromatic rings. The number of nitro groups is 1. The van der Waals surface area contributed by atoms with E-state index in [0.29, 0.717) is 6.54 Å². The molecule has 1 fully saturated rings. The van der Waals surface area contributed by atoms with E-state index < -0.39 is 4.92 Å². The maximum atomic E-state index is 12.7. The van der Waals surface area contributed by atoms with Gasteiger partial charge >= 0.3 is 6.03 Å². The smallest absolute Gasteiger partial charge is 0.317 e. The molecule has 0 aliphatic carbocycles. The van der Waals surface area contributed by atoms with Gasteiger partial charge in [0, 0.05) is 12.6 Å². The van der Waals surface area contributed by atoms with Crippen LogP contribution in [0.5, 0.6) is 0 Å². The lowest BCUT2D eigenvalue weighted by Gasteiger charge is -2.26. The van der Waals surface area contributed by atoms with Crippen molar-refractivity contribution < 1.29 is 9.72 Å². The van der Waals surface area contributed by atoms with Crippen LogP contribution in [0.4, 0.5) is 16.2 Å². The largest absolute Gasteiger partial charge is 0.322 e. The highest BCUT2D eigenvalue weighted by molar-refractivity contribution is 5.92. The summed E-state index contributed by atoms with van der Waals surface area (Å²) in [6, 6.07) is 13.9. The fourth-order valence-electron chi connectivity index (χ4n) is 3.22. The molecule has 1 saturated heterocycles. The Morgan fingerprint density at radius 2 is 1.92 bits per heavy atom. The van der Waals surface area contributed by atoms with Crippen LogP contribution < -0.4 is 5.32 Å². The highest BCUT2D eigenvalue weighted by atomic mass is 16.6. The number of para-hydroxylation sites is 2. The molecule has 0 saturated carbocycles. The van der Waals surface area contributed by atoms with Crippen molar-refractivity contribution in [2.75, 3.05) is 11.9 Å². The quantitative estimate of drug-likeness (QED) is 0.676. The second-order valence-electron chi connectivity index (χ2n) is 5.91. The van der Waals surface area contributed by atoms with E-state index >= 15 is 0 Å². The molecular formula is C18H19N3O3. The van der Waals surface area contributed by atoms with Crippen molar-refractivity contribution in [2.45, 2.75) is 25.8 Å². The SMILES string of the molecule is Cc1ccccc1[C@H]1CCCN1C(=O)Nc1ccccc1[N+](=O)[O-]. The maximum absolute atomic E-state index is 12.7. The number of nitro benzene ring substituents is 1. The van der Waals surface area contributed by atoms with Crippen LogP contribution in [0.1, 0.15) is 30.0 Å². The van der Waals surface area contributed by atoms with Crippen molar-refractivity contribution in [3.63, 3.8) is 0 Å². The summed E-state index contributed by atoms with van der Waals surface area (Å²) in [5.41, 5.74) is 2.40. The normalized spacial score (nSPS) is 16.9. The van der Waals surface area contributed by atoms with Gasteiger partial charge in [-0.15, -0.1) is 0 Å². The number of carbonyl (C=O) groups excluding carboxylic acids is 1. The molecular weight excluding hydrogens is 306 g/mol. The molecule has 0 radical (unpaired) electrons. The molecule has 1 N–H and O–H groups in total. The first kappa shape index (κ1) is 16.0. The Bertz CT molecular complexity index is 776. The zero-order valence-electron chi connectivity index (χ0n) is 13.4. The van der Waals surface area contributed by atoms with E-state index in [1.165, 1.54) is 6.07 Å². The van der Waals surface area contributed by atoms with Crippen molar-refractivity contribution >= 4 is 17.4 Å². The van der Waals surface area contributed by atoms with E-state index in [2.05, 4.69) is 5.32 Å². The van der Waals surface area contributed by atoms with Crippen molar-refractivity contribution in [1.82, 2.24) is 4.90 Å². The fraction of sp³-hybridized carbons (Fsp3) is 0.278. The molecule has 3 rings (SSSR count). The van der Waals surface area contributed by atoms with Gasteiger partial charge in [-0.05, 0) is 37.0 Å². The van der Waals surface area contributed by atoms with Crippen molar-refractivity contribution in [1.29, 1.82) is 0 Å². The Labute approximate surface area is 140 Å². The van der Waals surface area contributed by atoms with Gasteiger partial charge in [0.25, 0.3) is 5.69 Å². The predicted octanol–water partition coefficient (Wildman–Crippen LogP) is 4.27. The summed E-state index contributed by atoms with van der Waals surface area (Å²) in [7, 11) is 0. The molecule has 124 valence electrons. The van der Waals surface area contributed by atoms with Crippen LogP contribution >= 0.6 is 0 Å². The molecule has 0 bridgehead atoms. The summed E-state index contributed by atoms with van der Waals surface area (Å²) in [4.78, 5) is 25.0. The third-order valence-corrected chi connectivity index (χ3v) is 4.40. The van der Waals surface area contributed by atoms with Crippen LogP contribution in [-0.4, -0.2) is 22.4 Å². The van der Waals surface area contributed by atoms with Gasteiger partial charge in [-0.3, -0.25) is 10.1 Å². The Morgan fingerprint density at radius 3 is 2.67 bits per heavy atom. The molecule has 0 spiro atoms. The number of nitrogens with one attached hydrogen (secondary N) is 1. The van der Waals surface area contributed by atoms with Crippen molar-refractivity contribution in [2.24, 2.45) is 0 Å². The number of aryl methyl sites for hydroxylation is 1. The Hall–Kier alpha value is -2.89. The van der Waals surface area contributed by atoms with Gasteiger partial charge in [-0.1, -0.05) is 36.4 Å². The molecule has 1 atom stereocenters. The first-order valence-corrected chi connectivity index (χ1v) is 7.94. The molecule has 6 heteroatoms. The second kappa shape index (κ2) is 6.70. The van der Waals surface area contributed by atoms with Gasteiger partial charge in [0.05, 0.1) is 11.0 Å². The number of carbonyl (C=O) groups is 1. The molecule has 2 amide bonds. The summed E-state index contributed by atoms with van der Waals surface area (Å²) in [6.45, 7) is 2.68. The Balaban J connectivity index is 1.82. The minimum Gasteiger partial charge on any atom is -0.317 e. The number of anilines is 1. The number of benzene rings is 2. The van der Waals surface area contributed by atoms with E-state index in [1.54, 1.807) is 23.1 Å². The predicted molar refractivity (Wildman–Crippen MR) is 92.0 cm³/mol. The van der Waals surface area contributed by atoms with Crippen LogP contribution in [0, 0.1) is 17.0 Å². The van der Waals surface area contributed by atoms with E-state index in [1.807, 2.05) is 31.2 Å². The lowest BCUT2D eigenvalue weighted by Crippen LogP contribution is -2.34. The highest BCUT2D eigenvalue weighted by Crippen LogP contribution is 2.34. The van der Waals surface area contributed by atoms with Crippen LogP contribution in [-0.2, 0) is 0 Å². The standard InChI is InChI=1S/C18H19N3O3/c1-13-7-2-3-8-14(13)16-11-6-12-20(16)18(22)19-15-9-4-5-10-17(15)21(23)24/h2-5,7-10,16H,6,11-12H2,1H3,(H,19,22)/t16-/m1/s1. The highest BCUT2D eigenvalue weighted by Gasteiger charge is 2.31. The number of urea groups is 1. The fourth-order valence-corrected chi connectivity index (χ4v) is 3.22. The third-order valence-electron chi connectivity index (χ3n) is 4.40. The van der Waals surface area contributed by atoms with Gasteiger partial charge in [-0.25, -0.2) is 4.79 Å². The molecule has 2 aromatic carbocycles. The van der Waals surface area contributed by atoms with E-state index in [4.69, 9.17) is 0 Å². The summed E-state index contributed by atoms with van der Waals surface area (Å²) in [5.74, 6) is 0. The molecule has 0 unspecified atom stereocenters. The summed E-state index contributed by atoms with van der Waals surface area (Å²) in [6.07, 6.45) is 1.82. The van der Waals surface area contributed by atoms with Gasteiger partial charge in [0.15, 0.2) is 0 Å². The average molecular weight is 325 g/mol. The van der Waals surface area contributed by atoms with Gasteiger partial charge in [-0.2, -0.15) is 0 Å². The average Bonchev–Trinajstić information content (AvgIpc) is 3.05. The molecule has 1 aliphatic rings. The molecule has 6 nitrogen and oxygen atoms in total. The summed E-state index contributed by atoms with van der Waals surface area (Å²) >= 11 is 0. The number of hydrogen-bond acceptors (Lipinski definition) is 3. The number of nitrogens with zero attached hydrogens (tertiary/aromatic N) is 2. The zero-order valence-corrected chi connectivity index (χ0v) is 13.4. The summed E-state index contributed by atoms with van der Waals surface area (Å²) < 4.78 is 0. The molecule has 1 aliphatic heterocycles. The van der Waals surface area contributed by atoms with E-state index in [9.17, 15) is 14.9 Å². The second-order valence-corrected chi connectivity index (χ2v) is 5.91. The lowest BCUT2D eigenvalue weighted by atomic mass is 9.99. The summed E-state index contributed by atoms with van der Waals surface area (Å²) in [5, 5.41) is 13.8. The van der Waals surface area contributed by atoms with Crippen molar-refractivity contribution in [3.8, 4) is 0 Å². The molecule has 1 heterocycles. The van der Waals surface area contributed by atoms with E-state index in [0.717, 1.165) is 24.0 Å². The lowest BCUT2D eigenvalue weighted by molar-refractivity contribution is -0.383. The van der Waals surface area contributed by atoms with Crippen molar-refractivity contribution in [3.05, 3.63) is 69.8 Å².